The maximum Gasteiger partial charge on any atom is 0.274 e. The molecule has 1 fully saturated rings. The van der Waals surface area contributed by atoms with Crippen LogP contribution in [0.4, 0.5) is 5.69 Å². The van der Waals surface area contributed by atoms with Gasteiger partial charge in [-0.25, -0.2) is 0 Å². The van der Waals surface area contributed by atoms with Gasteiger partial charge in [0.2, 0.25) is 0 Å². The fourth-order valence-corrected chi connectivity index (χ4v) is 3.84. The van der Waals surface area contributed by atoms with Gasteiger partial charge in [0.25, 0.3) is 5.56 Å². The summed E-state index contributed by atoms with van der Waals surface area (Å²) in [7, 11) is 2.16. The molecule has 2 aliphatic heterocycles. The fourth-order valence-electron chi connectivity index (χ4n) is 3.63. The van der Waals surface area contributed by atoms with Gasteiger partial charge < -0.3 is 25.8 Å². The van der Waals surface area contributed by atoms with Crippen molar-refractivity contribution in [2.75, 3.05) is 38.5 Å². The molecule has 1 saturated heterocycles. The summed E-state index contributed by atoms with van der Waals surface area (Å²) in [5.41, 5.74) is 7.14. The van der Waals surface area contributed by atoms with E-state index in [1.807, 2.05) is 10.6 Å². The lowest BCUT2D eigenvalue weighted by molar-refractivity contribution is 0.145. The third-order valence-corrected chi connectivity index (χ3v) is 4.71. The van der Waals surface area contributed by atoms with Gasteiger partial charge in [0.1, 0.15) is 5.69 Å². The van der Waals surface area contributed by atoms with E-state index in [1.165, 1.54) is 6.42 Å². The zero-order valence-electron chi connectivity index (χ0n) is 12.8. The predicted molar refractivity (Wildman–Crippen MR) is 92.3 cm³/mol. The number of fused-ring (bicyclic) bond motifs is 4. The molecule has 3 heterocycles. The van der Waals surface area contributed by atoms with Crippen LogP contribution >= 0.6 is 12.2 Å². The average molecular weight is 321 g/mol. The van der Waals surface area contributed by atoms with Crippen LogP contribution in [-0.2, 0) is 6.54 Å². The van der Waals surface area contributed by atoms with Gasteiger partial charge in [0.15, 0.2) is 5.11 Å². The van der Waals surface area contributed by atoms with E-state index in [0.717, 1.165) is 25.3 Å². The van der Waals surface area contributed by atoms with Gasteiger partial charge in [0.05, 0.1) is 0 Å². The van der Waals surface area contributed by atoms with Crippen LogP contribution in [0.25, 0.3) is 0 Å². The molecular formula is C15H23N5OS. The minimum absolute atomic E-state index is 0.0219. The number of anilines is 1. The van der Waals surface area contributed by atoms with Crippen LogP contribution in [0.15, 0.2) is 16.9 Å². The Balaban J connectivity index is 1.84. The molecule has 0 unspecified atom stereocenters. The second kappa shape index (κ2) is 6.36. The van der Waals surface area contributed by atoms with Crippen LogP contribution in [0.1, 0.15) is 18.0 Å². The average Bonchev–Trinajstić information content (AvgIpc) is 2.48. The first-order valence-corrected chi connectivity index (χ1v) is 8.16. The van der Waals surface area contributed by atoms with Crippen LogP contribution in [0, 0.1) is 5.92 Å². The van der Waals surface area contributed by atoms with Crippen LogP contribution < -0.4 is 21.9 Å². The molecule has 1 aromatic heterocycles. The Hall–Kier alpha value is -1.44. The van der Waals surface area contributed by atoms with Crippen LogP contribution in [-0.4, -0.2) is 47.8 Å². The molecule has 4 N–H and O–H groups in total. The topological polar surface area (TPSA) is 75.3 Å². The molecule has 22 heavy (non-hydrogen) atoms. The van der Waals surface area contributed by atoms with E-state index in [0.29, 0.717) is 35.7 Å². The Morgan fingerprint density at radius 3 is 3.00 bits per heavy atom. The number of likely N-dealkylation sites (N-methyl/N-ethyl adjacent to an activating group) is 1. The highest BCUT2D eigenvalue weighted by Gasteiger charge is 2.33. The first-order chi connectivity index (χ1) is 10.6. The summed E-state index contributed by atoms with van der Waals surface area (Å²) in [6.07, 6.45) is 1.19. The van der Waals surface area contributed by atoms with Gasteiger partial charge in [-0.05, 0) is 43.7 Å². The second-order valence-electron chi connectivity index (χ2n) is 6.28. The molecule has 0 aliphatic carbocycles. The molecule has 0 spiro atoms. The number of pyridine rings is 1. The van der Waals surface area contributed by atoms with E-state index in [4.69, 9.17) is 18.0 Å². The van der Waals surface area contributed by atoms with Gasteiger partial charge in [-0.3, -0.25) is 4.79 Å². The van der Waals surface area contributed by atoms with E-state index in [1.54, 1.807) is 0 Å². The van der Waals surface area contributed by atoms with Crippen molar-refractivity contribution in [1.82, 2.24) is 14.8 Å². The predicted octanol–water partition coefficient (Wildman–Crippen LogP) is 0.142. The highest BCUT2D eigenvalue weighted by Crippen LogP contribution is 2.34. The highest BCUT2D eigenvalue weighted by atomic mass is 32.1. The monoisotopic (exact) mass is 321 g/mol. The SMILES string of the molecule is CN1C[C@H]2C[C@@H](C1)c1ccc(NC(=S)NCCN)c(=O)n1C2. The number of hydrogen-bond donors (Lipinski definition) is 3. The maximum atomic E-state index is 12.7. The molecule has 0 saturated carbocycles. The molecule has 0 radical (unpaired) electrons. The van der Waals surface area contributed by atoms with E-state index >= 15 is 0 Å². The molecule has 120 valence electrons. The van der Waals surface area contributed by atoms with Gasteiger partial charge in [0, 0.05) is 44.3 Å². The third kappa shape index (κ3) is 3.02. The number of nitrogens with one attached hydrogen (secondary N) is 2. The molecule has 2 aliphatic rings. The summed E-state index contributed by atoms with van der Waals surface area (Å²) in [5, 5.41) is 6.41. The van der Waals surface area contributed by atoms with Crippen LogP contribution in [0.5, 0.6) is 0 Å². The molecule has 3 rings (SSSR count). The molecule has 2 atom stereocenters. The molecule has 1 aromatic rings. The van der Waals surface area contributed by atoms with Gasteiger partial charge in [-0.15, -0.1) is 0 Å². The number of hydrogen-bond acceptors (Lipinski definition) is 4. The van der Waals surface area contributed by atoms with E-state index in [2.05, 4.69) is 28.6 Å². The van der Waals surface area contributed by atoms with Crippen molar-refractivity contribution in [2.24, 2.45) is 11.7 Å². The molecule has 0 aromatic carbocycles. The van der Waals surface area contributed by atoms with Crippen molar-refractivity contribution >= 4 is 23.0 Å². The Bertz CT molecular complexity index is 629. The number of thiocarbonyl (C=S) groups is 1. The Kier molecular flexibility index (Phi) is 4.46. The summed E-state index contributed by atoms with van der Waals surface area (Å²) in [6, 6.07) is 3.91. The number of aromatic nitrogens is 1. The van der Waals surface area contributed by atoms with Gasteiger partial charge in [-0.1, -0.05) is 0 Å². The minimum Gasteiger partial charge on any atom is -0.361 e. The Labute approximate surface area is 135 Å². The van der Waals surface area contributed by atoms with Crippen molar-refractivity contribution in [3.8, 4) is 0 Å². The summed E-state index contributed by atoms with van der Waals surface area (Å²) >= 11 is 5.18. The number of nitrogens with zero attached hydrogens (tertiary/aromatic N) is 2. The number of rotatable bonds is 3. The largest absolute Gasteiger partial charge is 0.361 e. The number of nitrogens with two attached hydrogens (primary N) is 1. The van der Waals surface area contributed by atoms with Gasteiger partial charge >= 0.3 is 0 Å². The van der Waals surface area contributed by atoms with Crippen molar-refractivity contribution in [3.63, 3.8) is 0 Å². The fraction of sp³-hybridized carbons (Fsp3) is 0.600. The molecule has 7 heteroatoms. The van der Waals surface area contributed by atoms with Crippen molar-refractivity contribution in [2.45, 2.75) is 18.9 Å². The first kappa shape index (κ1) is 15.5. The summed E-state index contributed by atoms with van der Waals surface area (Å²) < 4.78 is 1.93. The summed E-state index contributed by atoms with van der Waals surface area (Å²) in [5.74, 6) is 1.02. The van der Waals surface area contributed by atoms with Crippen molar-refractivity contribution in [3.05, 3.63) is 28.2 Å². The number of piperidine rings is 1. The normalized spacial score (nSPS) is 23.7. The minimum atomic E-state index is 0.0219. The molecular weight excluding hydrogens is 298 g/mol. The zero-order valence-corrected chi connectivity index (χ0v) is 13.7. The van der Waals surface area contributed by atoms with Gasteiger partial charge in [-0.2, -0.15) is 0 Å². The lowest BCUT2D eigenvalue weighted by atomic mass is 9.83. The van der Waals surface area contributed by atoms with E-state index < -0.39 is 0 Å². The Morgan fingerprint density at radius 2 is 2.23 bits per heavy atom. The quantitative estimate of drug-likeness (QED) is 0.688. The van der Waals surface area contributed by atoms with Crippen LogP contribution in [0.3, 0.4) is 0 Å². The highest BCUT2D eigenvalue weighted by molar-refractivity contribution is 7.80. The summed E-state index contributed by atoms with van der Waals surface area (Å²) in [4.78, 5) is 15.1. The lowest BCUT2D eigenvalue weighted by Crippen LogP contribution is -2.46. The smallest absolute Gasteiger partial charge is 0.274 e. The van der Waals surface area contributed by atoms with Crippen LogP contribution in [0.2, 0.25) is 0 Å². The third-order valence-electron chi connectivity index (χ3n) is 4.46. The first-order valence-electron chi connectivity index (χ1n) is 7.75. The number of likely N-dealkylation sites (tertiary alicyclic amines) is 1. The molecule has 0 amide bonds. The Morgan fingerprint density at radius 1 is 1.41 bits per heavy atom. The summed E-state index contributed by atoms with van der Waals surface area (Å²) in [6.45, 7) is 3.99. The van der Waals surface area contributed by atoms with Crippen molar-refractivity contribution < 1.29 is 0 Å². The second-order valence-corrected chi connectivity index (χ2v) is 6.69. The van der Waals surface area contributed by atoms with Crippen molar-refractivity contribution in [1.29, 1.82) is 0 Å². The van der Waals surface area contributed by atoms with E-state index in [9.17, 15) is 4.79 Å². The molecule has 6 nitrogen and oxygen atoms in total. The lowest BCUT2D eigenvalue weighted by Gasteiger charge is -2.41. The zero-order chi connectivity index (χ0) is 15.7. The maximum absolute atomic E-state index is 12.7. The standard InChI is InChI=1S/C15H23N5OS/c1-19-7-10-6-11(9-19)13-3-2-12(14(21)20(13)8-10)18-15(22)17-5-4-16/h2-3,10-11H,4-9,16H2,1H3,(H2,17,18,22)/t10-,11+/m1/s1. The molecule has 2 bridgehead atoms. The van der Waals surface area contributed by atoms with E-state index in [-0.39, 0.29) is 5.56 Å².